The van der Waals surface area contributed by atoms with E-state index in [2.05, 4.69) is 42.9 Å². The third kappa shape index (κ3) is 5.15. The van der Waals surface area contributed by atoms with Gasteiger partial charge >= 0.3 is 0 Å². The number of amides is 1. The van der Waals surface area contributed by atoms with Crippen LogP contribution in [0.4, 0.5) is 5.82 Å². The number of aryl methyl sites for hydroxylation is 1. The summed E-state index contributed by atoms with van der Waals surface area (Å²) in [5, 5.41) is 17.1. The van der Waals surface area contributed by atoms with Crippen LogP contribution in [0.1, 0.15) is 60.2 Å². The predicted octanol–water partition coefficient (Wildman–Crippen LogP) is 2.59. The SMILES string of the molecule is Cc1cc(CC(C)Nc2ccc(C(=O)NCc3noc(C(C)C)n3)cn2)n[nH]1. The van der Waals surface area contributed by atoms with Gasteiger partial charge in [0.1, 0.15) is 5.82 Å². The van der Waals surface area contributed by atoms with Crippen molar-refractivity contribution in [3.63, 3.8) is 0 Å². The van der Waals surface area contributed by atoms with Gasteiger partial charge in [0.15, 0.2) is 5.82 Å². The number of rotatable bonds is 8. The number of pyridine rings is 1. The summed E-state index contributed by atoms with van der Waals surface area (Å²) in [4.78, 5) is 20.8. The normalized spacial score (nSPS) is 12.2. The molecule has 9 heteroatoms. The second-order valence-electron chi connectivity index (χ2n) is 7.11. The third-order valence-corrected chi connectivity index (χ3v) is 4.08. The van der Waals surface area contributed by atoms with Crippen molar-refractivity contribution in [3.8, 4) is 0 Å². The van der Waals surface area contributed by atoms with E-state index in [1.807, 2.05) is 26.8 Å². The summed E-state index contributed by atoms with van der Waals surface area (Å²) < 4.78 is 5.12. The lowest BCUT2D eigenvalue weighted by Crippen LogP contribution is -2.24. The standard InChI is InChI=1S/C19H25N7O2/c1-11(2)19-23-17(26-28-19)10-21-18(27)14-5-6-16(20-9-14)22-12(3)7-15-8-13(4)24-25-15/h5-6,8-9,11-12H,7,10H2,1-4H3,(H,20,22)(H,21,27)(H,24,25). The summed E-state index contributed by atoms with van der Waals surface area (Å²) in [6, 6.07) is 5.69. The molecule has 1 amide bonds. The third-order valence-electron chi connectivity index (χ3n) is 4.08. The molecule has 3 rings (SSSR count). The molecule has 0 aromatic carbocycles. The van der Waals surface area contributed by atoms with Crippen LogP contribution >= 0.6 is 0 Å². The Kier molecular flexibility index (Phi) is 6.03. The first-order valence-corrected chi connectivity index (χ1v) is 9.25. The highest BCUT2D eigenvalue weighted by Gasteiger charge is 2.12. The Bertz CT molecular complexity index is 915. The number of carbonyl (C=O) groups is 1. The summed E-state index contributed by atoms with van der Waals surface area (Å²) in [5.41, 5.74) is 2.50. The van der Waals surface area contributed by atoms with Crippen molar-refractivity contribution in [2.24, 2.45) is 0 Å². The Morgan fingerprint density at radius 1 is 1.29 bits per heavy atom. The highest BCUT2D eigenvalue weighted by molar-refractivity contribution is 5.93. The van der Waals surface area contributed by atoms with Gasteiger partial charge in [-0.15, -0.1) is 0 Å². The van der Waals surface area contributed by atoms with Gasteiger partial charge in [-0.3, -0.25) is 9.89 Å². The zero-order chi connectivity index (χ0) is 20.1. The van der Waals surface area contributed by atoms with Crippen LogP contribution in [0.2, 0.25) is 0 Å². The maximum Gasteiger partial charge on any atom is 0.253 e. The lowest BCUT2D eigenvalue weighted by molar-refractivity contribution is 0.0949. The van der Waals surface area contributed by atoms with Crippen LogP contribution in [-0.4, -0.2) is 37.3 Å². The molecule has 0 saturated carbocycles. The maximum absolute atomic E-state index is 12.3. The van der Waals surface area contributed by atoms with Gasteiger partial charge in [0, 0.05) is 30.3 Å². The van der Waals surface area contributed by atoms with E-state index in [4.69, 9.17) is 4.52 Å². The van der Waals surface area contributed by atoms with Gasteiger partial charge in [0.05, 0.1) is 17.8 Å². The molecule has 0 spiro atoms. The zero-order valence-corrected chi connectivity index (χ0v) is 16.5. The quantitative estimate of drug-likeness (QED) is 0.546. The van der Waals surface area contributed by atoms with Crippen LogP contribution in [0.5, 0.6) is 0 Å². The molecule has 0 radical (unpaired) electrons. The molecule has 1 atom stereocenters. The van der Waals surface area contributed by atoms with E-state index in [0.717, 1.165) is 17.8 Å². The Hall–Kier alpha value is -3.23. The molecule has 9 nitrogen and oxygen atoms in total. The van der Waals surface area contributed by atoms with Gasteiger partial charge in [0.25, 0.3) is 5.91 Å². The minimum atomic E-state index is -0.241. The predicted molar refractivity (Wildman–Crippen MR) is 104 cm³/mol. The monoisotopic (exact) mass is 383 g/mol. The van der Waals surface area contributed by atoms with Crippen LogP contribution in [0.25, 0.3) is 0 Å². The Morgan fingerprint density at radius 3 is 2.71 bits per heavy atom. The van der Waals surface area contributed by atoms with Crippen LogP contribution in [-0.2, 0) is 13.0 Å². The average molecular weight is 383 g/mol. The van der Waals surface area contributed by atoms with E-state index in [9.17, 15) is 4.79 Å². The van der Waals surface area contributed by atoms with Gasteiger partial charge in [0.2, 0.25) is 5.89 Å². The van der Waals surface area contributed by atoms with Crippen molar-refractivity contribution >= 4 is 11.7 Å². The molecule has 28 heavy (non-hydrogen) atoms. The van der Waals surface area contributed by atoms with Gasteiger partial charge in [-0.2, -0.15) is 10.1 Å². The smallest absolute Gasteiger partial charge is 0.253 e. The number of aromatic nitrogens is 5. The number of anilines is 1. The Balaban J connectivity index is 1.50. The fraction of sp³-hybridized carbons (Fsp3) is 0.421. The minimum Gasteiger partial charge on any atom is -0.367 e. The summed E-state index contributed by atoms with van der Waals surface area (Å²) in [6.45, 7) is 8.17. The first kappa shape index (κ1) is 19.5. The fourth-order valence-electron chi connectivity index (χ4n) is 2.64. The van der Waals surface area contributed by atoms with E-state index >= 15 is 0 Å². The summed E-state index contributed by atoms with van der Waals surface area (Å²) in [7, 11) is 0. The summed E-state index contributed by atoms with van der Waals surface area (Å²) >= 11 is 0. The molecule has 0 saturated heterocycles. The topological polar surface area (TPSA) is 122 Å². The highest BCUT2D eigenvalue weighted by atomic mass is 16.5. The Morgan fingerprint density at radius 2 is 2.11 bits per heavy atom. The molecule has 0 aliphatic carbocycles. The summed E-state index contributed by atoms with van der Waals surface area (Å²) in [6.07, 6.45) is 2.32. The number of nitrogens with one attached hydrogen (secondary N) is 3. The number of nitrogens with zero attached hydrogens (tertiary/aromatic N) is 4. The molecule has 3 heterocycles. The second-order valence-corrected chi connectivity index (χ2v) is 7.11. The van der Waals surface area contributed by atoms with Crippen molar-refractivity contribution in [2.75, 3.05) is 5.32 Å². The molecule has 3 N–H and O–H groups in total. The molecule has 1 unspecified atom stereocenters. The van der Waals surface area contributed by atoms with E-state index in [1.165, 1.54) is 0 Å². The fourth-order valence-corrected chi connectivity index (χ4v) is 2.64. The molecule has 0 aliphatic heterocycles. The van der Waals surface area contributed by atoms with E-state index < -0.39 is 0 Å². The van der Waals surface area contributed by atoms with Crippen LogP contribution < -0.4 is 10.6 Å². The number of aromatic amines is 1. The number of hydrogen-bond donors (Lipinski definition) is 3. The zero-order valence-electron chi connectivity index (χ0n) is 16.5. The van der Waals surface area contributed by atoms with Crippen molar-refractivity contribution < 1.29 is 9.32 Å². The highest BCUT2D eigenvalue weighted by Crippen LogP contribution is 2.12. The Labute approximate surface area is 163 Å². The van der Waals surface area contributed by atoms with Crippen molar-refractivity contribution in [3.05, 3.63) is 53.1 Å². The maximum atomic E-state index is 12.3. The molecular weight excluding hydrogens is 358 g/mol. The molecule has 0 bridgehead atoms. The van der Waals surface area contributed by atoms with E-state index in [-0.39, 0.29) is 24.4 Å². The minimum absolute atomic E-state index is 0.153. The molecule has 148 valence electrons. The number of hydrogen-bond acceptors (Lipinski definition) is 7. The molecule has 3 aromatic heterocycles. The average Bonchev–Trinajstić information content (AvgIpc) is 3.29. The van der Waals surface area contributed by atoms with E-state index in [0.29, 0.717) is 23.1 Å². The lowest BCUT2D eigenvalue weighted by atomic mass is 10.1. The van der Waals surface area contributed by atoms with Crippen LogP contribution in [0, 0.1) is 6.92 Å². The first-order chi connectivity index (χ1) is 13.4. The van der Waals surface area contributed by atoms with Crippen LogP contribution in [0.15, 0.2) is 28.9 Å². The summed E-state index contributed by atoms with van der Waals surface area (Å²) in [5.74, 6) is 1.62. The van der Waals surface area contributed by atoms with Crippen LogP contribution in [0.3, 0.4) is 0 Å². The van der Waals surface area contributed by atoms with Crippen molar-refractivity contribution in [1.82, 2.24) is 30.6 Å². The van der Waals surface area contributed by atoms with E-state index in [1.54, 1.807) is 18.3 Å². The molecule has 0 aliphatic rings. The van der Waals surface area contributed by atoms with Gasteiger partial charge in [-0.05, 0) is 32.0 Å². The second kappa shape index (κ2) is 8.64. The van der Waals surface area contributed by atoms with Gasteiger partial charge in [-0.25, -0.2) is 4.98 Å². The molecule has 3 aromatic rings. The van der Waals surface area contributed by atoms with Crippen molar-refractivity contribution in [2.45, 2.75) is 52.6 Å². The first-order valence-electron chi connectivity index (χ1n) is 9.25. The number of H-pyrrole nitrogens is 1. The van der Waals surface area contributed by atoms with Crippen molar-refractivity contribution in [1.29, 1.82) is 0 Å². The largest absolute Gasteiger partial charge is 0.367 e. The molecular formula is C19H25N7O2. The van der Waals surface area contributed by atoms with Gasteiger partial charge < -0.3 is 15.2 Å². The van der Waals surface area contributed by atoms with Gasteiger partial charge in [-0.1, -0.05) is 19.0 Å². The molecule has 0 fully saturated rings. The number of carbonyl (C=O) groups excluding carboxylic acids is 1. The lowest BCUT2D eigenvalue weighted by Gasteiger charge is -2.13.